The highest BCUT2D eigenvalue weighted by atomic mass is 35.5. The van der Waals surface area contributed by atoms with E-state index in [1.54, 1.807) is 14.2 Å². The van der Waals surface area contributed by atoms with E-state index in [4.69, 9.17) is 21.1 Å². The highest BCUT2D eigenvalue weighted by Crippen LogP contribution is 2.37. The molecule has 124 valence electrons. The number of amides is 1. The van der Waals surface area contributed by atoms with Crippen molar-refractivity contribution in [2.75, 3.05) is 20.8 Å². The molecule has 1 aromatic rings. The summed E-state index contributed by atoms with van der Waals surface area (Å²) in [5, 5.41) is 6.67. The van der Waals surface area contributed by atoms with Crippen LogP contribution in [0.2, 0.25) is 5.02 Å². The summed E-state index contributed by atoms with van der Waals surface area (Å²) in [5.41, 5.74) is 0.904. The highest BCUT2D eigenvalue weighted by molar-refractivity contribution is 6.33. The quantitative estimate of drug-likeness (QED) is 0.684. The maximum atomic E-state index is 11.7. The lowest BCUT2D eigenvalue weighted by atomic mass is 10.2. The fourth-order valence-corrected chi connectivity index (χ4v) is 2.24. The van der Waals surface area contributed by atoms with Gasteiger partial charge in [-0.2, -0.15) is 0 Å². The second kappa shape index (κ2) is 9.54. The third kappa shape index (κ3) is 5.39. The lowest BCUT2D eigenvalue weighted by Crippen LogP contribution is -2.33. The summed E-state index contributed by atoms with van der Waals surface area (Å²) in [4.78, 5) is 11.7. The average Bonchev–Trinajstić information content (AvgIpc) is 2.52. The molecule has 0 spiro atoms. The van der Waals surface area contributed by atoms with Gasteiger partial charge in [0.05, 0.1) is 19.2 Å². The predicted octanol–water partition coefficient (Wildman–Crippen LogP) is 2.75. The van der Waals surface area contributed by atoms with Crippen LogP contribution in [0.3, 0.4) is 0 Å². The van der Waals surface area contributed by atoms with Crippen molar-refractivity contribution >= 4 is 17.5 Å². The van der Waals surface area contributed by atoms with Crippen LogP contribution in [0.25, 0.3) is 0 Å². The van der Waals surface area contributed by atoms with Crippen LogP contribution in [0.15, 0.2) is 12.1 Å². The number of nitrogens with one attached hydrogen (secondary N) is 2. The summed E-state index contributed by atoms with van der Waals surface area (Å²) in [6, 6.07) is 3.92. The fourth-order valence-electron chi connectivity index (χ4n) is 1.94. The molecule has 22 heavy (non-hydrogen) atoms. The average molecular weight is 329 g/mol. The number of carbonyl (C=O) groups is 1. The van der Waals surface area contributed by atoms with Gasteiger partial charge in [0.2, 0.25) is 5.91 Å². The maximum Gasteiger partial charge on any atom is 0.221 e. The van der Waals surface area contributed by atoms with Gasteiger partial charge in [0.15, 0.2) is 11.5 Å². The van der Waals surface area contributed by atoms with Crippen LogP contribution in [-0.2, 0) is 11.3 Å². The Morgan fingerprint density at radius 2 is 2.05 bits per heavy atom. The van der Waals surface area contributed by atoms with Gasteiger partial charge >= 0.3 is 0 Å². The number of carbonyl (C=O) groups excluding carboxylic acids is 1. The zero-order valence-corrected chi connectivity index (χ0v) is 14.4. The first-order valence-corrected chi connectivity index (χ1v) is 7.80. The van der Waals surface area contributed by atoms with E-state index in [1.807, 2.05) is 26.0 Å². The second-order valence-corrected chi connectivity index (χ2v) is 5.46. The van der Waals surface area contributed by atoms with Gasteiger partial charge in [0.25, 0.3) is 0 Å². The van der Waals surface area contributed by atoms with E-state index in [-0.39, 0.29) is 11.9 Å². The summed E-state index contributed by atoms with van der Waals surface area (Å²) < 4.78 is 10.5. The third-order valence-corrected chi connectivity index (χ3v) is 3.84. The molecule has 0 fully saturated rings. The molecule has 0 aliphatic rings. The van der Waals surface area contributed by atoms with Gasteiger partial charge < -0.3 is 20.1 Å². The second-order valence-electron chi connectivity index (χ2n) is 5.08. The van der Waals surface area contributed by atoms with Crippen molar-refractivity contribution in [1.29, 1.82) is 0 Å². The van der Waals surface area contributed by atoms with Crippen molar-refractivity contribution in [2.24, 2.45) is 0 Å². The van der Waals surface area contributed by atoms with E-state index in [0.717, 1.165) is 12.0 Å². The van der Waals surface area contributed by atoms with Gasteiger partial charge in [-0.3, -0.25) is 4.79 Å². The summed E-state index contributed by atoms with van der Waals surface area (Å²) in [6.07, 6.45) is 1.37. The Kier molecular flexibility index (Phi) is 8.06. The van der Waals surface area contributed by atoms with Gasteiger partial charge in [-0.25, -0.2) is 0 Å². The number of rotatable bonds is 9. The van der Waals surface area contributed by atoms with Crippen LogP contribution in [0.5, 0.6) is 11.5 Å². The maximum absolute atomic E-state index is 11.7. The number of methoxy groups -OCH3 is 2. The van der Waals surface area contributed by atoms with Crippen LogP contribution >= 0.6 is 11.6 Å². The molecular formula is C16H25ClN2O3. The van der Waals surface area contributed by atoms with Crippen molar-refractivity contribution in [3.63, 3.8) is 0 Å². The van der Waals surface area contributed by atoms with Gasteiger partial charge in [-0.15, -0.1) is 0 Å². The number of ether oxygens (including phenoxy) is 2. The van der Waals surface area contributed by atoms with Crippen molar-refractivity contribution in [1.82, 2.24) is 10.6 Å². The molecule has 1 rings (SSSR count). The fraction of sp³-hybridized carbons (Fsp3) is 0.562. The predicted molar refractivity (Wildman–Crippen MR) is 88.8 cm³/mol. The zero-order valence-electron chi connectivity index (χ0n) is 13.7. The summed E-state index contributed by atoms with van der Waals surface area (Å²) >= 11 is 6.30. The molecule has 0 saturated carbocycles. The van der Waals surface area contributed by atoms with Crippen LogP contribution in [0.4, 0.5) is 0 Å². The van der Waals surface area contributed by atoms with E-state index < -0.39 is 0 Å². The lowest BCUT2D eigenvalue weighted by Gasteiger charge is -2.14. The topological polar surface area (TPSA) is 59.6 Å². The SMILES string of the molecule is CCC(C)NC(=O)CCNCc1ccc(OC)c(OC)c1Cl. The summed E-state index contributed by atoms with van der Waals surface area (Å²) in [5.74, 6) is 1.18. The Labute approximate surface area is 137 Å². The normalized spacial score (nSPS) is 11.9. The van der Waals surface area contributed by atoms with Gasteiger partial charge in [-0.05, 0) is 25.0 Å². The Morgan fingerprint density at radius 1 is 1.32 bits per heavy atom. The first kappa shape index (κ1) is 18.6. The molecule has 0 radical (unpaired) electrons. The molecule has 1 amide bonds. The lowest BCUT2D eigenvalue weighted by molar-refractivity contribution is -0.121. The molecule has 1 aromatic carbocycles. The molecule has 2 N–H and O–H groups in total. The first-order chi connectivity index (χ1) is 10.5. The molecule has 6 heteroatoms. The van der Waals surface area contributed by atoms with Gasteiger partial charge in [0, 0.05) is 25.6 Å². The third-order valence-electron chi connectivity index (χ3n) is 3.43. The molecular weight excluding hydrogens is 304 g/mol. The Hall–Kier alpha value is -1.46. The Balaban J connectivity index is 2.47. The van der Waals surface area contributed by atoms with Crippen LogP contribution < -0.4 is 20.1 Å². The van der Waals surface area contributed by atoms with Gasteiger partial charge in [-0.1, -0.05) is 24.6 Å². The molecule has 0 saturated heterocycles. The van der Waals surface area contributed by atoms with Crippen molar-refractivity contribution in [3.05, 3.63) is 22.7 Å². The summed E-state index contributed by atoms with van der Waals surface area (Å²) in [6.45, 7) is 5.19. The summed E-state index contributed by atoms with van der Waals surface area (Å²) in [7, 11) is 3.13. The van der Waals surface area contributed by atoms with Gasteiger partial charge in [0.1, 0.15) is 0 Å². The molecule has 0 bridgehead atoms. The first-order valence-electron chi connectivity index (χ1n) is 7.42. The van der Waals surface area contributed by atoms with Crippen LogP contribution in [-0.4, -0.2) is 32.7 Å². The number of benzene rings is 1. The van der Waals surface area contributed by atoms with Crippen LogP contribution in [0.1, 0.15) is 32.3 Å². The van der Waals surface area contributed by atoms with Crippen molar-refractivity contribution < 1.29 is 14.3 Å². The van der Waals surface area contributed by atoms with E-state index in [9.17, 15) is 4.79 Å². The number of hydrogen-bond acceptors (Lipinski definition) is 4. The number of hydrogen-bond donors (Lipinski definition) is 2. The minimum Gasteiger partial charge on any atom is -0.493 e. The van der Waals surface area contributed by atoms with E-state index in [1.165, 1.54) is 0 Å². The minimum atomic E-state index is 0.0558. The minimum absolute atomic E-state index is 0.0558. The standard InChI is InChI=1S/C16H25ClN2O3/c1-5-11(2)19-14(20)8-9-18-10-12-6-7-13(21-3)16(22-4)15(12)17/h6-7,11,18H,5,8-10H2,1-4H3,(H,19,20). The molecule has 1 unspecified atom stereocenters. The smallest absolute Gasteiger partial charge is 0.221 e. The highest BCUT2D eigenvalue weighted by Gasteiger charge is 2.13. The zero-order chi connectivity index (χ0) is 16.5. The Morgan fingerprint density at radius 3 is 2.64 bits per heavy atom. The Bertz CT molecular complexity index is 495. The molecule has 0 aliphatic carbocycles. The largest absolute Gasteiger partial charge is 0.493 e. The molecule has 0 heterocycles. The monoisotopic (exact) mass is 328 g/mol. The van der Waals surface area contributed by atoms with E-state index in [2.05, 4.69) is 10.6 Å². The molecule has 1 atom stereocenters. The molecule has 0 aromatic heterocycles. The van der Waals surface area contributed by atoms with Crippen molar-refractivity contribution in [2.45, 2.75) is 39.3 Å². The molecule has 5 nitrogen and oxygen atoms in total. The van der Waals surface area contributed by atoms with E-state index >= 15 is 0 Å². The number of halogens is 1. The van der Waals surface area contributed by atoms with Crippen molar-refractivity contribution in [3.8, 4) is 11.5 Å². The van der Waals surface area contributed by atoms with E-state index in [0.29, 0.717) is 36.0 Å². The van der Waals surface area contributed by atoms with Crippen LogP contribution in [0, 0.1) is 0 Å². The molecule has 0 aliphatic heterocycles.